The third kappa shape index (κ3) is 3.04. The lowest BCUT2D eigenvalue weighted by Crippen LogP contribution is -1.99. The summed E-state index contributed by atoms with van der Waals surface area (Å²) in [6.07, 6.45) is 3.61. The summed E-state index contributed by atoms with van der Waals surface area (Å²) in [5.74, 6) is 0. The zero-order valence-corrected chi connectivity index (χ0v) is 11.2. The van der Waals surface area contributed by atoms with Gasteiger partial charge in [0.2, 0.25) is 0 Å². The quantitative estimate of drug-likeness (QED) is 0.754. The zero-order valence-electron chi connectivity index (χ0n) is 11.2. The molecule has 0 fully saturated rings. The highest BCUT2D eigenvalue weighted by Gasteiger charge is 1.97. The van der Waals surface area contributed by atoms with Gasteiger partial charge in [-0.05, 0) is 28.8 Å². The van der Waals surface area contributed by atoms with Gasteiger partial charge in [-0.3, -0.25) is 4.98 Å². The molecule has 2 heteroatoms. The van der Waals surface area contributed by atoms with Gasteiger partial charge >= 0.3 is 0 Å². The van der Waals surface area contributed by atoms with E-state index in [0.29, 0.717) is 0 Å². The molecule has 0 atom stereocenters. The lowest BCUT2D eigenvalue weighted by atomic mass is 10.0. The molecule has 0 aliphatic heterocycles. The molecule has 0 unspecified atom stereocenters. The first-order chi connectivity index (χ1) is 9.92. The first-order valence-electron chi connectivity index (χ1n) is 6.70. The number of hydrogen-bond acceptors (Lipinski definition) is 2. The van der Waals surface area contributed by atoms with E-state index in [1.54, 1.807) is 6.20 Å². The third-order valence-electron chi connectivity index (χ3n) is 3.22. The van der Waals surface area contributed by atoms with Crippen molar-refractivity contribution in [3.63, 3.8) is 0 Å². The van der Waals surface area contributed by atoms with Crippen LogP contribution in [0.1, 0.15) is 5.56 Å². The van der Waals surface area contributed by atoms with E-state index in [0.717, 1.165) is 12.2 Å². The Bertz CT molecular complexity index is 646. The number of nitrogens with zero attached hydrogens (tertiary/aromatic N) is 1. The van der Waals surface area contributed by atoms with E-state index in [2.05, 4.69) is 58.8 Å². The minimum atomic E-state index is 0.806. The molecule has 2 nitrogen and oxygen atoms in total. The molecule has 0 aliphatic rings. The first kappa shape index (κ1) is 12.4. The lowest BCUT2D eigenvalue weighted by Gasteiger charge is -2.07. The Kier molecular flexibility index (Phi) is 3.74. The second-order valence-electron chi connectivity index (χ2n) is 4.66. The first-order valence-corrected chi connectivity index (χ1v) is 6.70. The van der Waals surface area contributed by atoms with Gasteiger partial charge in [0.25, 0.3) is 0 Å². The molecule has 0 saturated heterocycles. The summed E-state index contributed by atoms with van der Waals surface area (Å²) in [6.45, 7) is 0.806. The number of hydrogen-bond donors (Lipinski definition) is 1. The van der Waals surface area contributed by atoms with Crippen LogP contribution in [0.4, 0.5) is 5.69 Å². The smallest absolute Gasteiger partial charge is 0.0529 e. The maximum Gasteiger partial charge on any atom is 0.0529 e. The van der Waals surface area contributed by atoms with Crippen molar-refractivity contribution in [3.05, 3.63) is 84.7 Å². The highest BCUT2D eigenvalue weighted by Crippen LogP contribution is 2.19. The second-order valence-corrected chi connectivity index (χ2v) is 4.66. The molecule has 3 rings (SSSR count). The lowest BCUT2D eigenvalue weighted by molar-refractivity contribution is 1.14. The van der Waals surface area contributed by atoms with E-state index in [1.807, 2.05) is 24.4 Å². The Hall–Kier alpha value is -2.61. The summed E-state index contributed by atoms with van der Waals surface area (Å²) in [5, 5.41) is 3.36. The van der Waals surface area contributed by atoms with E-state index in [9.17, 15) is 0 Å². The molecule has 1 aromatic heterocycles. The van der Waals surface area contributed by atoms with Crippen molar-refractivity contribution in [2.75, 3.05) is 5.32 Å². The van der Waals surface area contributed by atoms with Crippen LogP contribution in [0.25, 0.3) is 11.1 Å². The van der Waals surface area contributed by atoms with Gasteiger partial charge in [0.05, 0.1) is 5.69 Å². The Balaban J connectivity index is 1.68. The monoisotopic (exact) mass is 260 g/mol. The van der Waals surface area contributed by atoms with Crippen molar-refractivity contribution in [1.29, 1.82) is 0 Å². The fourth-order valence-corrected chi connectivity index (χ4v) is 2.12. The van der Waals surface area contributed by atoms with E-state index >= 15 is 0 Å². The van der Waals surface area contributed by atoms with Gasteiger partial charge in [0, 0.05) is 18.9 Å². The summed E-state index contributed by atoms with van der Waals surface area (Å²) in [6, 6.07) is 23.0. The van der Waals surface area contributed by atoms with E-state index in [4.69, 9.17) is 0 Å². The third-order valence-corrected chi connectivity index (χ3v) is 3.22. The topological polar surface area (TPSA) is 24.9 Å². The predicted octanol–water partition coefficient (Wildman–Crippen LogP) is 4.36. The fourth-order valence-electron chi connectivity index (χ4n) is 2.12. The molecule has 3 aromatic rings. The van der Waals surface area contributed by atoms with Crippen LogP contribution < -0.4 is 5.32 Å². The average Bonchev–Trinajstić information content (AvgIpc) is 2.55. The van der Waals surface area contributed by atoms with E-state index in [1.165, 1.54) is 16.7 Å². The minimum absolute atomic E-state index is 0.806. The van der Waals surface area contributed by atoms with Crippen molar-refractivity contribution in [1.82, 2.24) is 4.98 Å². The minimum Gasteiger partial charge on any atom is -0.380 e. The van der Waals surface area contributed by atoms with Crippen LogP contribution >= 0.6 is 0 Å². The summed E-state index contributed by atoms with van der Waals surface area (Å²) >= 11 is 0. The molecule has 0 saturated carbocycles. The number of aromatic nitrogens is 1. The van der Waals surface area contributed by atoms with E-state index in [-0.39, 0.29) is 0 Å². The Morgan fingerprint density at radius 2 is 1.50 bits per heavy atom. The maximum absolute atomic E-state index is 4.09. The van der Waals surface area contributed by atoms with Gasteiger partial charge in [-0.1, -0.05) is 54.6 Å². The van der Waals surface area contributed by atoms with Gasteiger partial charge < -0.3 is 5.32 Å². The number of pyridine rings is 1. The van der Waals surface area contributed by atoms with Crippen LogP contribution in [0.2, 0.25) is 0 Å². The van der Waals surface area contributed by atoms with E-state index < -0.39 is 0 Å². The van der Waals surface area contributed by atoms with Crippen LogP contribution in [0.3, 0.4) is 0 Å². The molecule has 1 heterocycles. The summed E-state index contributed by atoms with van der Waals surface area (Å²) in [4.78, 5) is 4.09. The second kappa shape index (κ2) is 6.02. The molecular formula is C18H16N2. The average molecular weight is 260 g/mol. The normalized spacial score (nSPS) is 10.2. The van der Waals surface area contributed by atoms with Crippen LogP contribution in [0, 0.1) is 0 Å². The van der Waals surface area contributed by atoms with Gasteiger partial charge in [0.1, 0.15) is 0 Å². The Labute approximate surface area is 119 Å². The van der Waals surface area contributed by atoms with Gasteiger partial charge in [-0.2, -0.15) is 0 Å². The van der Waals surface area contributed by atoms with Crippen LogP contribution in [0.15, 0.2) is 79.1 Å². The van der Waals surface area contributed by atoms with Crippen molar-refractivity contribution in [3.8, 4) is 11.1 Å². The standard InChI is InChI=1S/C18H16N2/c1-2-5-16(6-3-1)17-10-8-15(9-11-17)13-20-18-7-4-12-19-14-18/h1-12,14,20H,13H2. The summed E-state index contributed by atoms with van der Waals surface area (Å²) in [7, 11) is 0. The molecule has 1 N–H and O–H groups in total. The molecule has 0 radical (unpaired) electrons. The van der Waals surface area contributed by atoms with Crippen molar-refractivity contribution >= 4 is 5.69 Å². The maximum atomic E-state index is 4.09. The largest absolute Gasteiger partial charge is 0.380 e. The number of rotatable bonds is 4. The van der Waals surface area contributed by atoms with Crippen molar-refractivity contribution in [2.24, 2.45) is 0 Å². The molecule has 0 amide bonds. The number of anilines is 1. The molecule has 2 aromatic carbocycles. The SMILES string of the molecule is c1ccc(-c2ccc(CNc3cccnc3)cc2)cc1. The molecule has 0 aliphatic carbocycles. The fraction of sp³-hybridized carbons (Fsp3) is 0.0556. The molecule has 20 heavy (non-hydrogen) atoms. The van der Waals surface area contributed by atoms with Gasteiger partial charge in [-0.15, -0.1) is 0 Å². The Morgan fingerprint density at radius 3 is 2.20 bits per heavy atom. The highest BCUT2D eigenvalue weighted by atomic mass is 14.9. The molecule has 0 bridgehead atoms. The van der Waals surface area contributed by atoms with Crippen LogP contribution in [-0.2, 0) is 6.54 Å². The molecular weight excluding hydrogens is 244 g/mol. The molecule has 0 spiro atoms. The number of benzene rings is 2. The Morgan fingerprint density at radius 1 is 0.750 bits per heavy atom. The van der Waals surface area contributed by atoms with Crippen molar-refractivity contribution < 1.29 is 0 Å². The van der Waals surface area contributed by atoms with Crippen LogP contribution in [0.5, 0.6) is 0 Å². The van der Waals surface area contributed by atoms with Crippen molar-refractivity contribution in [2.45, 2.75) is 6.54 Å². The summed E-state index contributed by atoms with van der Waals surface area (Å²) in [5.41, 5.74) is 4.79. The molecule has 98 valence electrons. The highest BCUT2D eigenvalue weighted by molar-refractivity contribution is 5.63. The zero-order chi connectivity index (χ0) is 13.6. The summed E-state index contributed by atoms with van der Waals surface area (Å²) < 4.78 is 0. The van der Waals surface area contributed by atoms with Crippen LogP contribution in [-0.4, -0.2) is 4.98 Å². The van der Waals surface area contributed by atoms with Gasteiger partial charge in [-0.25, -0.2) is 0 Å². The van der Waals surface area contributed by atoms with Gasteiger partial charge in [0.15, 0.2) is 0 Å². The predicted molar refractivity (Wildman–Crippen MR) is 83.4 cm³/mol. The number of nitrogens with one attached hydrogen (secondary N) is 1.